The van der Waals surface area contributed by atoms with Crippen molar-refractivity contribution in [2.75, 3.05) is 33.7 Å². The van der Waals surface area contributed by atoms with E-state index in [0.29, 0.717) is 17.2 Å². The maximum absolute atomic E-state index is 10.5. The number of unbranched alkanes of at least 4 members (excludes halogenated alkanes) is 1. The normalized spacial score (nSPS) is 10.9. The molecule has 3 aromatic carbocycles. The van der Waals surface area contributed by atoms with Gasteiger partial charge < -0.3 is 32.2 Å². The van der Waals surface area contributed by atoms with Gasteiger partial charge in [-0.05, 0) is 83.3 Å². The Kier molecular flexibility index (Phi) is 16.5. The molecule has 0 aliphatic heterocycles. The molecular formula is C35H54FeN2O4. The topological polar surface area (TPSA) is 95.4 Å². The summed E-state index contributed by atoms with van der Waals surface area (Å²) in [4.78, 5) is 2.42. The molecule has 0 spiro atoms. The fourth-order valence-electron chi connectivity index (χ4n) is 5.31. The standard InChI is InChI=1S/C26H40N2O2.C9H12O.Fe.H2O/c1-8-9-10-27(17-23-15-19(2)13-21(4)25(23)29)11-12-28(6,7)18-24-16-20(3)14-22(5)26(24)30;1-6-4-7(2)9(10)8(3)5-6;;/h13-16,29-30H,1,8-12,17-18H2,2-7H3;4-5,10H,1-3H3;;1H2. The third-order valence-electron chi connectivity index (χ3n) is 7.42. The summed E-state index contributed by atoms with van der Waals surface area (Å²) < 4.78 is 0.788. The molecule has 3 aromatic rings. The molecule has 236 valence electrons. The molecule has 0 amide bonds. The first-order valence-corrected chi connectivity index (χ1v) is 14.3. The van der Waals surface area contributed by atoms with Gasteiger partial charge in [0, 0.05) is 41.3 Å². The molecule has 0 heterocycles. The molecule has 0 bridgehead atoms. The number of rotatable bonds is 10. The Morgan fingerprint density at radius 1 is 0.643 bits per heavy atom. The van der Waals surface area contributed by atoms with Crippen LogP contribution in [0.15, 0.2) is 36.4 Å². The molecule has 0 aliphatic rings. The molecule has 5 N–H and O–H groups in total. The van der Waals surface area contributed by atoms with E-state index in [4.69, 9.17) is 0 Å². The number of quaternary nitrogens is 1. The van der Waals surface area contributed by atoms with E-state index in [9.17, 15) is 15.3 Å². The number of nitrogens with zero attached hydrogens (tertiary/aromatic N) is 2. The molecule has 6 nitrogen and oxygen atoms in total. The number of hydrogen-bond acceptors (Lipinski definition) is 4. The molecular weight excluding hydrogens is 568 g/mol. The summed E-state index contributed by atoms with van der Waals surface area (Å²) in [6, 6.07) is 12.2. The largest absolute Gasteiger partial charge is 0.507 e. The van der Waals surface area contributed by atoms with Gasteiger partial charge in [0.25, 0.3) is 0 Å². The molecule has 7 heteroatoms. The smallest absolute Gasteiger partial charge is 0.127 e. The third-order valence-corrected chi connectivity index (χ3v) is 7.42. The third kappa shape index (κ3) is 12.0. The van der Waals surface area contributed by atoms with Gasteiger partial charge in [0.15, 0.2) is 0 Å². The van der Waals surface area contributed by atoms with Gasteiger partial charge in [0.05, 0.1) is 20.6 Å². The van der Waals surface area contributed by atoms with E-state index in [1.165, 1.54) is 16.7 Å². The van der Waals surface area contributed by atoms with Gasteiger partial charge in [-0.25, -0.2) is 0 Å². The van der Waals surface area contributed by atoms with Crippen LogP contribution in [0.3, 0.4) is 0 Å². The molecule has 42 heavy (non-hydrogen) atoms. The predicted molar refractivity (Wildman–Crippen MR) is 172 cm³/mol. The molecule has 0 saturated heterocycles. The van der Waals surface area contributed by atoms with Crippen LogP contribution in [0, 0.1) is 55.4 Å². The van der Waals surface area contributed by atoms with Gasteiger partial charge in [-0.2, -0.15) is 6.42 Å². The molecule has 0 unspecified atom stereocenters. The predicted octanol–water partition coefficient (Wildman–Crippen LogP) is 6.51. The van der Waals surface area contributed by atoms with Crippen LogP contribution in [-0.4, -0.2) is 63.9 Å². The Hall–Kier alpha value is -2.54. The second-order valence-corrected chi connectivity index (χ2v) is 12.2. The van der Waals surface area contributed by atoms with E-state index in [0.717, 1.165) is 83.4 Å². The zero-order valence-electron chi connectivity index (χ0n) is 27.2. The Labute approximate surface area is 265 Å². The second kappa shape index (κ2) is 17.5. The summed E-state index contributed by atoms with van der Waals surface area (Å²) in [5.41, 5.74) is 9.35. The first-order chi connectivity index (χ1) is 18.6. The summed E-state index contributed by atoms with van der Waals surface area (Å²) in [5, 5.41) is 30.4. The molecule has 0 saturated carbocycles. The van der Waals surface area contributed by atoms with Gasteiger partial charge in [0.2, 0.25) is 0 Å². The minimum Gasteiger partial charge on any atom is -0.507 e. The monoisotopic (exact) mass is 622 g/mol. The van der Waals surface area contributed by atoms with Crippen molar-refractivity contribution in [3.63, 3.8) is 0 Å². The average molecular weight is 623 g/mol. The van der Waals surface area contributed by atoms with E-state index in [1.807, 2.05) is 58.9 Å². The van der Waals surface area contributed by atoms with Crippen LogP contribution in [-0.2, 0) is 30.2 Å². The van der Waals surface area contributed by atoms with Crippen LogP contribution < -0.4 is 0 Å². The molecule has 0 atom stereocenters. The van der Waals surface area contributed by atoms with Crippen LogP contribution >= 0.6 is 0 Å². The first kappa shape index (κ1) is 39.5. The molecule has 0 fully saturated rings. The second-order valence-electron chi connectivity index (χ2n) is 12.2. The Bertz CT molecular complexity index is 1270. The van der Waals surface area contributed by atoms with Gasteiger partial charge in [0.1, 0.15) is 23.8 Å². The van der Waals surface area contributed by atoms with Crippen molar-refractivity contribution in [3.05, 3.63) is 93.4 Å². The van der Waals surface area contributed by atoms with E-state index in [1.54, 1.807) is 0 Å². The number of likely N-dealkylation sites (N-methyl/N-ethyl adjacent to an activating group) is 1. The Morgan fingerprint density at radius 2 is 1.05 bits per heavy atom. The first-order valence-electron chi connectivity index (χ1n) is 14.3. The quantitative estimate of drug-likeness (QED) is 0.136. The summed E-state index contributed by atoms with van der Waals surface area (Å²) in [6.07, 6.45) is 1.95. The summed E-state index contributed by atoms with van der Waals surface area (Å²) >= 11 is 0. The minimum atomic E-state index is 0. The van der Waals surface area contributed by atoms with E-state index >= 15 is 0 Å². The van der Waals surface area contributed by atoms with Gasteiger partial charge >= 0.3 is 0 Å². The summed E-state index contributed by atoms with van der Waals surface area (Å²) in [7, 11) is 4.43. The molecule has 0 aliphatic carbocycles. The fourth-order valence-corrected chi connectivity index (χ4v) is 5.31. The minimum absolute atomic E-state index is 0. The summed E-state index contributed by atoms with van der Waals surface area (Å²) in [6.45, 7) is 22.3. The van der Waals surface area contributed by atoms with Crippen molar-refractivity contribution in [2.24, 2.45) is 0 Å². The fraction of sp³-hybridized carbons (Fsp3) is 0.457. The zero-order valence-corrected chi connectivity index (χ0v) is 28.3. The van der Waals surface area contributed by atoms with Crippen molar-refractivity contribution in [2.45, 2.75) is 74.4 Å². The van der Waals surface area contributed by atoms with Crippen molar-refractivity contribution in [1.82, 2.24) is 4.90 Å². The van der Waals surface area contributed by atoms with E-state index < -0.39 is 0 Å². The summed E-state index contributed by atoms with van der Waals surface area (Å²) in [5.74, 6) is 1.25. The van der Waals surface area contributed by atoms with Crippen molar-refractivity contribution in [1.29, 1.82) is 0 Å². The Balaban J connectivity index is 0.00000119. The Morgan fingerprint density at radius 3 is 1.52 bits per heavy atom. The molecule has 3 rings (SSSR count). The van der Waals surface area contributed by atoms with Crippen LogP contribution in [0.2, 0.25) is 0 Å². The average Bonchev–Trinajstić information content (AvgIpc) is 2.85. The van der Waals surface area contributed by atoms with Crippen LogP contribution in [0.1, 0.15) is 62.9 Å². The van der Waals surface area contributed by atoms with Gasteiger partial charge in [-0.15, -0.1) is 0 Å². The molecule has 0 radical (unpaired) electrons. The van der Waals surface area contributed by atoms with Gasteiger partial charge in [-0.1, -0.05) is 53.4 Å². The number of hydrogen-bond donors (Lipinski definition) is 3. The van der Waals surface area contributed by atoms with Crippen LogP contribution in [0.25, 0.3) is 0 Å². The maximum atomic E-state index is 10.5. The van der Waals surface area contributed by atoms with Crippen molar-refractivity contribution >= 4 is 0 Å². The van der Waals surface area contributed by atoms with E-state index in [-0.39, 0.29) is 22.5 Å². The number of benzene rings is 3. The van der Waals surface area contributed by atoms with Crippen molar-refractivity contribution in [3.8, 4) is 17.2 Å². The SMILES string of the molecule is Cc1cc(C)c(O)c(C)c1.O.[CH2-]CCCN(CC[N+](C)(C)Cc1cc(C)cc(C)c1O)Cc1cc(C)cc(C)c1O.[Fe]. The van der Waals surface area contributed by atoms with E-state index in [2.05, 4.69) is 51.9 Å². The number of aryl methyl sites for hydroxylation is 7. The number of phenolic OH excluding ortho intramolecular Hbond substituents is 3. The number of phenols is 3. The molecule has 0 aromatic heterocycles. The number of aromatic hydroxyl groups is 3. The maximum Gasteiger partial charge on any atom is 0.127 e. The van der Waals surface area contributed by atoms with Gasteiger partial charge in [-0.3, -0.25) is 4.90 Å². The van der Waals surface area contributed by atoms with Crippen LogP contribution in [0.5, 0.6) is 17.2 Å². The zero-order chi connectivity index (χ0) is 30.2. The van der Waals surface area contributed by atoms with Crippen molar-refractivity contribution < 1.29 is 42.3 Å². The van der Waals surface area contributed by atoms with Crippen LogP contribution in [0.4, 0.5) is 0 Å².